The van der Waals surface area contributed by atoms with Crippen LogP contribution < -0.4 is 5.73 Å². The number of aromatic carboxylic acids is 1. The molecule has 2 heterocycles. The van der Waals surface area contributed by atoms with Gasteiger partial charge in [0.2, 0.25) is 0 Å². The van der Waals surface area contributed by atoms with Crippen molar-refractivity contribution in [3.05, 3.63) is 58.2 Å². The maximum Gasteiger partial charge on any atom is 0.356 e. The van der Waals surface area contributed by atoms with Gasteiger partial charge >= 0.3 is 17.9 Å². The predicted octanol–water partition coefficient (Wildman–Crippen LogP) is 2.51. The number of rotatable bonds is 3. The fraction of sp³-hybridized carbons (Fsp3) is 0.391. The lowest BCUT2D eigenvalue weighted by molar-refractivity contribution is 0.00682. The van der Waals surface area contributed by atoms with E-state index in [-0.39, 0.29) is 29.2 Å². The second-order valence-electron chi connectivity index (χ2n) is 8.75. The maximum atomic E-state index is 12.1. The van der Waals surface area contributed by atoms with Gasteiger partial charge in [-0.05, 0) is 63.3 Å². The van der Waals surface area contributed by atoms with E-state index in [2.05, 4.69) is 19.8 Å². The summed E-state index contributed by atoms with van der Waals surface area (Å²) < 4.78 is 10.9. The van der Waals surface area contributed by atoms with E-state index in [0.29, 0.717) is 5.56 Å². The summed E-state index contributed by atoms with van der Waals surface area (Å²) in [6.45, 7) is 7.62. The van der Waals surface area contributed by atoms with Crippen LogP contribution in [0.4, 0.5) is 0 Å². The number of methoxy groups -OCH3 is 1. The molecule has 3 aromatic rings. The topological polar surface area (TPSA) is 159 Å². The van der Waals surface area contributed by atoms with E-state index in [1.807, 2.05) is 39.8 Å². The number of aromatic nitrogens is 4. The highest BCUT2D eigenvalue weighted by molar-refractivity contribution is 5.93. The molecule has 11 nitrogen and oxygen atoms in total. The average molecular weight is 469 g/mol. The predicted molar refractivity (Wildman–Crippen MR) is 121 cm³/mol. The highest BCUT2D eigenvalue weighted by Crippen LogP contribution is 2.33. The van der Waals surface area contributed by atoms with E-state index in [9.17, 15) is 14.4 Å². The van der Waals surface area contributed by atoms with Gasteiger partial charge in [0, 0.05) is 12.1 Å². The van der Waals surface area contributed by atoms with Crippen molar-refractivity contribution in [2.45, 2.75) is 52.2 Å². The van der Waals surface area contributed by atoms with Gasteiger partial charge in [-0.2, -0.15) is 14.6 Å². The van der Waals surface area contributed by atoms with Crippen molar-refractivity contribution in [1.29, 1.82) is 0 Å². The highest BCUT2D eigenvalue weighted by Gasteiger charge is 2.26. The molecule has 0 saturated carbocycles. The molecule has 1 aliphatic carbocycles. The minimum Gasteiger partial charge on any atom is -0.477 e. The Hall–Kier alpha value is -3.86. The number of benzene rings is 1. The van der Waals surface area contributed by atoms with Crippen LogP contribution in [0.3, 0.4) is 0 Å². The maximum absolute atomic E-state index is 12.1. The van der Waals surface area contributed by atoms with E-state index in [1.165, 1.54) is 18.2 Å². The van der Waals surface area contributed by atoms with E-state index in [1.54, 1.807) is 0 Å². The van der Waals surface area contributed by atoms with Gasteiger partial charge < -0.3 is 20.3 Å². The number of carbonyl (C=O) groups excluding carboxylic acids is 2. The molecular weight excluding hydrogens is 442 g/mol. The van der Waals surface area contributed by atoms with Crippen LogP contribution in [0.1, 0.15) is 81.3 Å². The number of hydrogen-bond acceptors (Lipinski definition) is 9. The SMILES string of the molecule is COC(=O)c1cc(C(=O)O)n2ncnc2n1.Cc1c(C(=O)OC(C)(C)C)ccc2c1CC[C@@H]2N. The van der Waals surface area contributed by atoms with Gasteiger partial charge in [-0.1, -0.05) is 6.07 Å². The molecule has 0 spiro atoms. The zero-order chi connectivity index (χ0) is 25.2. The van der Waals surface area contributed by atoms with Crippen LogP contribution in [-0.4, -0.2) is 55.3 Å². The number of nitrogens with zero attached hydrogens (tertiary/aromatic N) is 4. The number of carboxylic acid groups (broad SMARTS) is 1. The fourth-order valence-electron chi connectivity index (χ4n) is 3.64. The molecule has 11 heteroatoms. The first kappa shape index (κ1) is 24.8. The van der Waals surface area contributed by atoms with E-state index in [4.69, 9.17) is 15.6 Å². The third-order valence-electron chi connectivity index (χ3n) is 5.22. The molecule has 0 bridgehead atoms. The van der Waals surface area contributed by atoms with E-state index < -0.39 is 17.5 Å². The minimum absolute atomic E-state index is 0.0281. The summed E-state index contributed by atoms with van der Waals surface area (Å²) in [6.07, 6.45) is 3.07. The molecule has 1 aromatic carbocycles. The van der Waals surface area contributed by atoms with Crippen molar-refractivity contribution >= 4 is 23.7 Å². The molecule has 0 amide bonds. The first-order chi connectivity index (χ1) is 15.9. The molecule has 0 saturated heterocycles. The standard InChI is InChI=1S/C15H21NO2.C8H6N4O4/c1-9-10-7-8-13(16)12(10)6-5-11(9)14(17)18-15(2,3)4;1-16-7(15)4-2-5(6(13)14)12-8(11-4)9-3-10-12/h5-6,13H,7-8,16H2,1-4H3;2-3H,1H3,(H,13,14)/t13-;/m0./s1. The highest BCUT2D eigenvalue weighted by atomic mass is 16.6. The molecular formula is C23H27N5O6. The smallest absolute Gasteiger partial charge is 0.356 e. The summed E-state index contributed by atoms with van der Waals surface area (Å²) in [5.74, 6) is -2.18. The summed E-state index contributed by atoms with van der Waals surface area (Å²) in [7, 11) is 1.18. The Balaban J connectivity index is 0.000000192. The summed E-state index contributed by atoms with van der Waals surface area (Å²) in [5.41, 5.74) is 9.33. The van der Waals surface area contributed by atoms with Gasteiger partial charge in [-0.3, -0.25) is 0 Å². The Morgan fingerprint density at radius 2 is 1.91 bits per heavy atom. The number of nitrogens with two attached hydrogens (primary N) is 1. The monoisotopic (exact) mass is 469 g/mol. The van der Waals surface area contributed by atoms with Crippen molar-refractivity contribution < 1.29 is 29.0 Å². The van der Waals surface area contributed by atoms with Crippen LogP contribution in [0.5, 0.6) is 0 Å². The number of carboxylic acids is 1. The molecule has 2 aromatic heterocycles. The molecule has 1 atom stereocenters. The average Bonchev–Trinajstić information content (AvgIpc) is 3.38. The van der Waals surface area contributed by atoms with Crippen molar-refractivity contribution in [1.82, 2.24) is 19.6 Å². The lowest BCUT2D eigenvalue weighted by Crippen LogP contribution is -2.24. The Labute approximate surface area is 195 Å². The molecule has 0 radical (unpaired) electrons. The number of carbonyl (C=O) groups is 3. The van der Waals surface area contributed by atoms with Gasteiger partial charge in [0.15, 0.2) is 11.4 Å². The van der Waals surface area contributed by atoms with Crippen LogP contribution in [0, 0.1) is 6.92 Å². The van der Waals surface area contributed by atoms with Crippen LogP contribution in [0.25, 0.3) is 5.78 Å². The second-order valence-corrected chi connectivity index (χ2v) is 8.75. The van der Waals surface area contributed by atoms with Crippen LogP contribution in [-0.2, 0) is 15.9 Å². The van der Waals surface area contributed by atoms with E-state index in [0.717, 1.165) is 35.3 Å². The molecule has 4 rings (SSSR count). The summed E-state index contributed by atoms with van der Waals surface area (Å²) >= 11 is 0. The molecule has 3 N–H and O–H groups in total. The van der Waals surface area contributed by atoms with Gasteiger partial charge in [0.05, 0.1) is 12.7 Å². The number of esters is 2. The Bertz CT molecular complexity index is 1260. The number of ether oxygens (including phenoxy) is 2. The minimum atomic E-state index is -1.23. The quantitative estimate of drug-likeness (QED) is 0.546. The Morgan fingerprint density at radius 3 is 2.53 bits per heavy atom. The Kier molecular flexibility index (Phi) is 6.96. The first-order valence-electron chi connectivity index (χ1n) is 10.6. The molecule has 0 fully saturated rings. The van der Waals surface area contributed by atoms with Gasteiger partial charge in [-0.25, -0.2) is 19.4 Å². The zero-order valence-corrected chi connectivity index (χ0v) is 19.7. The summed E-state index contributed by atoms with van der Waals surface area (Å²) in [5, 5.41) is 12.6. The molecule has 180 valence electrons. The van der Waals surface area contributed by atoms with Gasteiger partial charge in [0.25, 0.3) is 5.78 Å². The first-order valence-corrected chi connectivity index (χ1v) is 10.6. The molecule has 0 aliphatic heterocycles. The molecule has 0 unspecified atom stereocenters. The van der Waals surface area contributed by atoms with Crippen LogP contribution in [0.15, 0.2) is 24.5 Å². The van der Waals surface area contributed by atoms with Crippen LogP contribution in [0.2, 0.25) is 0 Å². The van der Waals surface area contributed by atoms with Gasteiger partial charge in [0.1, 0.15) is 11.9 Å². The Morgan fingerprint density at radius 1 is 1.21 bits per heavy atom. The molecule has 34 heavy (non-hydrogen) atoms. The normalized spacial score (nSPS) is 14.7. The third kappa shape index (κ3) is 5.20. The van der Waals surface area contributed by atoms with Crippen LogP contribution >= 0.6 is 0 Å². The number of hydrogen-bond donors (Lipinski definition) is 2. The van der Waals surface area contributed by atoms with Crippen molar-refractivity contribution in [2.75, 3.05) is 7.11 Å². The second kappa shape index (κ2) is 9.56. The zero-order valence-electron chi connectivity index (χ0n) is 19.7. The fourth-order valence-corrected chi connectivity index (χ4v) is 3.64. The lowest BCUT2D eigenvalue weighted by Gasteiger charge is -2.21. The lowest BCUT2D eigenvalue weighted by atomic mass is 9.98. The summed E-state index contributed by atoms with van der Waals surface area (Å²) in [4.78, 5) is 41.7. The van der Waals surface area contributed by atoms with E-state index >= 15 is 0 Å². The summed E-state index contributed by atoms with van der Waals surface area (Å²) in [6, 6.07) is 5.01. The third-order valence-corrected chi connectivity index (χ3v) is 5.22. The van der Waals surface area contributed by atoms with Gasteiger partial charge in [-0.15, -0.1) is 0 Å². The van der Waals surface area contributed by atoms with Crippen molar-refractivity contribution in [3.8, 4) is 0 Å². The number of fused-ring (bicyclic) bond motifs is 2. The van der Waals surface area contributed by atoms with Crippen molar-refractivity contribution in [2.24, 2.45) is 5.73 Å². The largest absolute Gasteiger partial charge is 0.477 e. The van der Waals surface area contributed by atoms with Crippen molar-refractivity contribution in [3.63, 3.8) is 0 Å². The molecule has 1 aliphatic rings.